The zero-order chi connectivity index (χ0) is 61.4. The molecule has 0 unspecified atom stereocenters. The van der Waals surface area contributed by atoms with Crippen LogP contribution in [0, 0.1) is 23.3 Å². The van der Waals surface area contributed by atoms with E-state index in [4.69, 9.17) is 9.84 Å². The normalized spacial score (nSPS) is 15.4. The lowest BCUT2D eigenvalue weighted by molar-refractivity contribution is -0.155. The van der Waals surface area contributed by atoms with Crippen LogP contribution in [-0.2, 0) is 27.2 Å². The first kappa shape index (κ1) is 61.5. The van der Waals surface area contributed by atoms with Crippen molar-refractivity contribution in [3.63, 3.8) is 0 Å². The lowest BCUT2D eigenvalue weighted by Gasteiger charge is -2.41. The smallest absolute Gasteiger partial charge is 0.306 e. The molecule has 2 saturated heterocycles. The average molecular weight is 1180 g/mol. The van der Waals surface area contributed by atoms with E-state index in [1.807, 2.05) is 56.6 Å². The number of anilines is 2. The number of aromatic nitrogens is 2. The number of esters is 1. The molecule has 4 heterocycles. The van der Waals surface area contributed by atoms with E-state index in [-0.39, 0.29) is 65.5 Å². The molecule has 0 saturated carbocycles. The molecule has 6 aromatic carbocycles. The zero-order valence-electron chi connectivity index (χ0n) is 48.9. The van der Waals surface area contributed by atoms with E-state index < -0.39 is 23.2 Å². The fourth-order valence-corrected chi connectivity index (χ4v) is 11.3. The van der Waals surface area contributed by atoms with Gasteiger partial charge in [0.2, 0.25) is 0 Å². The van der Waals surface area contributed by atoms with E-state index >= 15 is 0 Å². The number of halogens is 4. The summed E-state index contributed by atoms with van der Waals surface area (Å²) in [6, 6.07) is 37.9. The highest BCUT2D eigenvalue weighted by Crippen LogP contribution is 2.27. The van der Waals surface area contributed by atoms with Gasteiger partial charge in [-0.05, 0) is 230 Å². The molecule has 1 N–H and O–H groups in total. The molecule has 0 aliphatic carbocycles. The fraction of sp³-hybridized carbons (Fsp3) is 0.324. The van der Waals surface area contributed by atoms with Crippen LogP contribution in [0.5, 0.6) is 0 Å². The van der Waals surface area contributed by atoms with E-state index in [9.17, 15) is 46.3 Å². The first-order valence-corrected chi connectivity index (χ1v) is 29.1. The Labute approximate surface area is 496 Å². The van der Waals surface area contributed by atoms with Gasteiger partial charge in [0.25, 0.3) is 22.9 Å². The van der Waals surface area contributed by atoms with Crippen molar-refractivity contribution in [1.82, 2.24) is 18.9 Å². The van der Waals surface area contributed by atoms with Crippen LogP contribution < -0.4 is 20.9 Å². The molecule has 10 rings (SSSR count). The number of carbonyl (C=O) groups is 4. The summed E-state index contributed by atoms with van der Waals surface area (Å²) in [5.74, 6) is -2.80. The highest BCUT2D eigenvalue weighted by Gasteiger charge is 2.31. The number of hydrogen-bond acceptors (Lipinski definition) is 9. The highest BCUT2D eigenvalue weighted by molar-refractivity contribution is 6.00. The summed E-state index contributed by atoms with van der Waals surface area (Å²) in [5.41, 5.74) is 4.08. The zero-order valence-corrected chi connectivity index (χ0v) is 48.9. The molecule has 2 aromatic heterocycles. The minimum Gasteiger partial charge on any atom is -0.481 e. The molecule has 2 fully saturated rings. The summed E-state index contributed by atoms with van der Waals surface area (Å²) >= 11 is 0. The van der Waals surface area contributed by atoms with Crippen LogP contribution in [0.15, 0.2) is 155 Å². The number of amides is 2. The van der Waals surface area contributed by atoms with E-state index in [1.54, 1.807) is 77.4 Å². The number of aryl methyl sites for hydroxylation is 2. The Bertz CT molecular complexity index is 3880. The summed E-state index contributed by atoms with van der Waals surface area (Å²) in [7, 11) is 0. The van der Waals surface area contributed by atoms with Crippen molar-refractivity contribution in [2.75, 3.05) is 49.1 Å². The third-order valence-corrected chi connectivity index (χ3v) is 15.6. The lowest BCUT2D eigenvalue weighted by atomic mass is 10.0. The third kappa shape index (κ3) is 14.9. The quantitative estimate of drug-likeness (QED) is 0.0561. The standard InChI is InChI=1S/C36H39F2N3O4.C32H31F2N3O4/c1-24-23-39(29-14-10-27(37)11-15-29)19-20-40(24)34(43)25-9-18-32-26(21-25)22-31(7-5-6-8-33(42)45-36(2,3)4)41(35(32)44)30-16-12-28(38)13-17-30;1-21-20-35(26-11-7-24(33)8-12-26)16-17-36(21)31(40)22-6-15-29-23(18-22)19-28(4-2-3-5-30(38)39)37(32(29)41)27-13-9-25(34)10-14-27/h9-18,21-22,24H,5-8,19-20,23H2,1-4H3;6-15,18-19,21H,2-5,16-17,20H2,1H3,(H,38,39)/t24-;21-/m11/s1. The maximum Gasteiger partial charge on any atom is 0.306 e. The van der Waals surface area contributed by atoms with Gasteiger partial charge in [-0.2, -0.15) is 0 Å². The van der Waals surface area contributed by atoms with Crippen molar-refractivity contribution >= 4 is 56.7 Å². The van der Waals surface area contributed by atoms with E-state index in [0.29, 0.717) is 133 Å². The van der Waals surface area contributed by atoms with Crippen LogP contribution in [0.4, 0.5) is 28.9 Å². The molecule has 448 valence electrons. The second kappa shape index (κ2) is 26.9. The van der Waals surface area contributed by atoms with Gasteiger partial charge in [0.05, 0.1) is 0 Å². The van der Waals surface area contributed by atoms with Crippen molar-refractivity contribution in [2.45, 2.75) is 104 Å². The van der Waals surface area contributed by atoms with Crippen LogP contribution in [0.3, 0.4) is 0 Å². The van der Waals surface area contributed by atoms with Gasteiger partial charge in [0.1, 0.15) is 28.9 Å². The molecule has 0 spiro atoms. The summed E-state index contributed by atoms with van der Waals surface area (Å²) in [6.45, 7) is 12.9. The van der Waals surface area contributed by atoms with Crippen LogP contribution in [0.2, 0.25) is 0 Å². The minimum atomic E-state index is -0.879. The molecule has 18 heteroatoms. The number of hydrogen-bond donors (Lipinski definition) is 1. The van der Waals surface area contributed by atoms with Crippen molar-refractivity contribution in [1.29, 1.82) is 0 Å². The van der Waals surface area contributed by atoms with Gasteiger partial charge in [0, 0.05) is 120 Å². The molecule has 0 bridgehead atoms. The number of carboxylic acids is 1. The Kier molecular flexibility index (Phi) is 19.2. The molecule has 2 atom stereocenters. The van der Waals surface area contributed by atoms with Gasteiger partial charge >= 0.3 is 11.9 Å². The second-order valence-corrected chi connectivity index (χ2v) is 23.0. The Balaban J connectivity index is 0.000000206. The summed E-state index contributed by atoms with van der Waals surface area (Å²) in [6.07, 6.45) is 3.42. The molecular formula is C68H70F4N6O8. The minimum absolute atomic E-state index is 0.0274. The Morgan fingerprint density at radius 2 is 0.849 bits per heavy atom. The van der Waals surface area contributed by atoms with Gasteiger partial charge in [-0.1, -0.05) is 0 Å². The Morgan fingerprint density at radius 3 is 1.20 bits per heavy atom. The van der Waals surface area contributed by atoms with Gasteiger partial charge in [0.15, 0.2) is 0 Å². The molecule has 0 radical (unpaired) electrons. The molecule has 2 aliphatic heterocycles. The number of pyridine rings is 2. The van der Waals surface area contributed by atoms with Crippen LogP contribution in [0.25, 0.3) is 32.9 Å². The number of carbonyl (C=O) groups excluding carboxylic acids is 3. The molecule has 14 nitrogen and oxygen atoms in total. The van der Waals surface area contributed by atoms with Crippen LogP contribution >= 0.6 is 0 Å². The first-order chi connectivity index (χ1) is 41.1. The highest BCUT2D eigenvalue weighted by atomic mass is 19.1. The van der Waals surface area contributed by atoms with E-state index in [0.717, 1.165) is 11.4 Å². The second-order valence-electron chi connectivity index (χ2n) is 23.0. The van der Waals surface area contributed by atoms with Gasteiger partial charge < -0.3 is 29.4 Å². The predicted octanol–water partition coefficient (Wildman–Crippen LogP) is 12.1. The number of unbranched alkanes of at least 4 members (excludes halogenated alkanes) is 2. The summed E-state index contributed by atoms with van der Waals surface area (Å²) in [5, 5.41) is 11.1. The number of rotatable bonds is 16. The Hall–Kier alpha value is -9.06. The van der Waals surface area contributed by atoms with Gasteiger partial charge in [-0.3, -0.25) is 37.9 Å². The number of carboxylic acid groups (broad SMARTS) is 1. The maximum absolute atomic E-state index is 13.8. The topological polar surface area (TPSA) is 155 Å². The van der Waals surface area contributed by atoms with Crippen LogP contribution in [0.1, 0.15) is 105 Å². The largest absolute Gasteiger partial charge is 0.481 e. The number of ether oxygens (including phenoxy) is 1. The first-order valence-electron chi connectivity index (χ1n) is 29.1. The molecule has 2 amide bonds. The molecule has 8 aromatic rings. The van der Waals surface area contributed by atoms with E-state index in [2.05, 4.69) is 9.80 Å². The molecule has 86 heavy (non-hydrogen) atoms. The van der Waals surface area contributed by atoms with Crippen molar-refractivity contribution < 1.29 is 46.6 Å². The summed E-state index contributed by atoms with van der Waals surface area (Å²) < 4.78 is 62.6. The Morgan fingerprint density at radius 1 is 0.488 bits per heavy atom. The maximum atomic E-state index is 13.8. The number of benzene rings is 6. The molecular weight excluding hydrogens is 1100 g/mol. The SMILES string of the molecule is C[C@@H]1CN(c2ccc(F)cc2)CCN1C(=O)c1ccc2c(=O)n(-c3ccc(F)cc3)c(CCCCC(=O)O)cc2c1.C[C@@H]1CN(c2ccc(F)cc2)CCN1C(=O)c1ccc2c(=O)n(-c3ccc(F)cc3)c(CCCCC(=O)OC(C)(C)C)cc2c1. The number of piperazine rings is 2. The van der Waals surface area contributed by atoms with Gasteiger partial charge in [-0.15, -0.1) is 0 Å². The van der Waals surface area contributed by atoms with Crippen LogP contribution in [-0.4, -0.2) is 105 Å². The van der Waals surface area contributed by atoms with Crippen molar-refractivity contribution in [3.05, 3.63) is 212 Å². The summed E-state index contributed by atoms with van der Waals surface area (Å²) in [4.78, 5) is 85.9. The number of aliphatic carboxylic acids is 1. The average Bonchev–Trinajstić information content (AvgIpc) is 0.964. The van der Waals surface area contributed by atoms with Crippen molar-refractivity contribution in [3.8, 4) is 11.4 Å². The fourth-order valence-electron chi connectivity index (χ4n) is 11.3. The van der Waals surface area contributed by atoms with Gasteiger partial charge in [-0.25, -0.2) is 17.6 Å². The lowest BCUT2D eigenvalue weighted by Crippen LogP contribution is -2.54. The number of fused-ring (bicyclic) bond motifs is 2. The molecule has 2 aliphatic rings. The third-order valence-electron chi connectivity index (χ3n) is 15.6. The monoisotopic (exact) mass is 1170 g/mol. The predicted molar refractivity (Wildman–Crippen MR) is 326 cm³/mol. The van der Waals surface area contributed by atoms with Crippen molar-refractivity contribution in [2.24, 2.45) is 0 Å². The number of nitrogens with zero attached hydrogens (tertiary/aromatic N) is 6. The van der Waals surface area contributed by atoms with E-state index in [1.165, 1.54) is 65.2 Å².